The molecule has 2 heterocycles. The third kappa shape index (κ3) is 2.91. The highest BCUT2D eigenvalue weighted by molar-refractivity contribution is 5.84. The summed E-state index contributed by atoms with van der Waals surface area (Å²) in [6.45, 7) is 4.67. The van der Waals surface area contributed by atoms with Crippen LogP contribution in [0.2, 0.25) is 0 Å². The van der Waals surface area contributed by atoms with Crippen molar-refractivity contribution >= 4 is 5.97 Å². The molecule has 18 heavy (non-hydrogen) atoms. The Morgan fingerprint density at radius 3 is 2.78 bits per heavy atom. The minimum atomic E-state index is -1.01. The van der Waals surface area contributed by atoms with E-state index in [0.717, 1.165) is 38.0 Å². The Morgan fingerprint density at radius 2 is 2.22 bits per heavy atom. The molecule has 2 N–H and O–H groups in total. The smallest absolute Gasteiger partial charge is 0.371 e. The molecule has 0 saturated carbocycles. The second-order valence-electron chi connectivity index (χ2n) is 4.89. The standard InChI is InChI=1S/C13H20N2O3/c1-9-10(7-12(18-9)13(16)17)8-15(2)11-3-5-14-6-4-11/h7,11,14H,3-6,8H2,1-2H3,(H,16,17). The maximum atomic E-state index is 10.8. The van der Waals surface area contributed by atoms with E-state index >= 15 is 0 Å². The van der Waals surface area contributed by atoms with Crippen molar-refractivity contribution < 1.29 is 14.3 Å². The lowest BCUT2D eigenvalue weighted by molar-refractivity contribution is 0.0661. The van der Waals surface area contributed by atoms with Gasteiger partial charge in [-0.05, 0) is 46.0 Å². The van der Waals surface area contributed by atoms with Gasteiger partial charge in [-0.15, -0.1) is 0 Å². The van der Waals surface area contributed by atoms with E-state index in [9.17, 15) is 4.79 Å². The fraction of sp³-hybridized carbons (Fsp3) is 0.615. The molecule has 0 amide bonds. The summed E-state index contributed by atoms with van der Waals surface area (Å²) >= 11 is 0. The van der Waals surface area contributed by atoms with Crippen LogP contribution in [0.15, 0.2) is 10.5 Å². The topological polar surface area (TPSA) is 65.7 Å². The van der Waals surface area contributed by atoms with Crippen LogP contribution in [0.5, 0.6) is 0 Å². The first-order chi connectivity index (χ1) is 8.58. The molecule has 0 atom stereocenters. The molecule has 1 fully saturated rings. The van der Waals surface area contributed by atoms with E-state index in [2.05, 4.69) is 17.3 Å². The van der Waals surface area contributed by atoms with Crippen molar-refractivity contribution in [3.63, 3.8) is 0 Å². The van der Waals surface area contributed by atoms with Gasteiger partial charge in [-0.1, -0.05) is 0 Å². The van der Waals surface area contributed by atoms with Crippen LogP contribution in [0.3, 0.4) is 0 Å². The van der Waals surface area contributed by atoms with E-state index in [1.807, 2.05) is 6.92 Å². The molecule has 1 aromatic rings. The Balaban J connectivity index is 2.01. The van der Waals surface area contributed by atoms with Gasteiger partial charge in [-0.2, -0.15) is 0 Å². The van der Waals surface area contributed by atoms with Crippen molar-refractivity contribution in [3.8, 4) is 0 Å². The van der Waals surface area contributed by atoms with Gasteiger partial charge in [-0.3, -0.25) is 4.90 Å². The summed E-state index contributed by atoms with van der Waals surface area (Å²) in [7, 11) is 2.09. The lowest BCUT2D eigenvalue weighted by Crippen LogP contribution is -2.40. The molecule has 100 valence electrons. The number of carboxylic acid groups (broad SMARTS) is 1. The van der Waals surface area contributed by atoms with Gasteiger partial charge >= 0.3 is 5.97 Å². The van der Waals surface area contributed by atoms with Crippen LogP contribution >= 0.6 is 0 Å². The molecular formula is C13H20N2O3. The molecule has 0 radical (unpaired) electrons. The minimum absolute atomic E-state index is 0.0289. The van der Waals surface area contributed by atoms with Crippen molar-refractivity contribution in [3.05, 3.63) is 23.2 Å². The summed E-state index contributed by atoms with van der Waals surface area (Å²) in [5.74, 6) is -0.275. The van der Waals surface area contributed by atoms with Crippen molar-refractivity contribution in [2.75, 3.05) is 20.1 Å². The number of hydrogen-bond acceptors (Lipinski definition) is 4. The molecule has 1 saturated heterocycles. The molecule has 5 heteroatoms. The largest absolute Gasteiger partial charge is 0.475 e. The third-order valence-corrected chi connectivity index (χ3v) is 3.58. The van der Waals surface area contributed by atoms with Gasteiger partial charge in [0.1, 0.15) is 5.76 Å². The Hall–Kier alpha value is -1.33. The number of aryl methyl sites for hydroxylation is 1. The Morgan fingerprint density at radius 1 is 1.56 bits per heavy atom. The zero-order chi connectivity index (χ0) is 13.1. The predicted molar refractivity (Wildman–Crippen MR) is 67.8 cm³/mol. The van der Waals surface area contributed by atoms with Gasteiger partial charge in [0, 0.05) is 18.2 Å². The van der Waals surface area contributed by atoms with Gasteiger partial charge in [0.2, 0.25) is 5.76 Å². The van der Waals surface area contributed by atoms with Gasteiger partial charge in [0.05, 0.1) is 0 Å². The van der Waals surface area contributed by atoms with Gasteiger partial charge < -0.3 is 14.8 Å². The Bertz CT molecular complexity index is 422. The normalized spacial score (nSPS) is 17.3. The first kappa shape index (κ1) is 13.1. The number of nitrogens with one attached hydrogen (secondary N) is 1. The van der Waals surface area contributed by atoms with Crippen molar-refractivity contribution in [1.29, 1.82) is 0 Å². The lowest BCUT2D eigenvalue weighted by atomic mass is 10.0. The molecule has 0 unspecified atom stereocenters. The van der Waals surface area contributed by atoms with Crippen LogP contribution in [-0.2, 0) is 6.54 Å². The highest BCUT2D eigenvalue weighted by atomic mass is 16.4. The number of carboxylic acids is 1. The third-order valence-electron chi connectivity index (χ3n) is 3.58. The Labute approximate surface area is 107 Å². The quantitative estimate of drug-likeness (QED) is 0.849. The number of nitrogens with zero attached hydrogens (tertiary/aromatic N) is 1. The number of furan rings is 1. The summed E-state index contributed by atoms with van der Waals surface area (Å²) in [6.07, 6.45) is 2.28. The van der Waals surface area contributed by atoms with Crippen molar-refractivity contribution in [2.45, 2.75) is 32.4 Å². The number of aromatic carboxylic acids is 1. The maximum absolute atomic E-state index is 10.8. The van der Waals surface area contributed by atoms with Gasteiger partial charge in [-0.25, -0.2) is 4.79 Å². The second-order valence-corrected chi connectivity index (χ2v) is 4.89. The summed E-state index contributed by atoms with van der Waals surface area (Å²) in [6, 6.07) is 2.20. The van der Waals surface area contributed by atoms with E-state index < -0.39 is 5.97 Å². The molecule has 5 nitrogen and oxygen atoms in total. The zero-order valence-electron chi connectivity index (χ0n) is 10.9. The summed E-state index contributed by atoms with van der Waals surface area (Å²) in [5.41, 5.74) is 0.966. The molecule has 0 bridgehead atoms. The fourth-order valence-corrected chi connectivity index (χ4v) is 2.43. The van der Waals surface area contributed by atoms with E-state index in [1.54, 1.807) is 6.07 Å². The summed E-state index contributed by atoms with van der Waals surface area (Å²) < 4.78 is 5.23. The van der Waals surface area contributed by atoms with E-state index in [0.29, 0.717) is 11.8 Å². The number of rotatable bonds is 4. The first-order valence-corrected chi connectivity index (χ1v) is 6.31. The summed E-state index contributed by atoms with van der Waals surface area (Å²) in [5, 5.41) is 12.2. The minimum Gasteiger partial charge on any atom is -0.475 e. The molecule has 0 aromatic carbocycles. The number of hydrogen-bond donors (Lipinski definition) is 2. The maximum Gasteiger partial charge on any atom is 0.371 e. The van der Waals surface area contributed by atoms with Crippen LogP contribution in [0.1, 0.15) is 34.7 Å². The Kier molecular flexibility index (Phi) is 4.04. The second kappa shape index (κ2) is 5.54. The van der Waals surface area contributed by atoms with Crippen molar-refractivity contribution in [2.24, 2.45) is 0 Å². The SMILES string of the molecule is Cc1oc(C(=O)O)cc1CN(C)C1CCNCC1. The van der Waals surface area contributed by atoms with Crippen LogP contribution in [0, 0.1) is 6.92 Å². The predicted octanol–water partition coefficient (Wildman–Crippen LogP) is 1.47. The first-order valence-electron chi connectivity index (χ1n) is 6.31. The summed E-state index contributed by atoms with van der Waals surface area (Å²) in [4.78, 5) is 13.1. The fourth-order valence-electron chi connectivity index (χ4n) is 2.43. The number of piperidine rings is 1. The van der Waals surface area contributed by atoms with E-state index in [-0.39, 0.29) is 5.76 Å². The molecular weight excluding hydrogens is 232 g/mol. The highest BCUT2D eigenvalue weighted by Gasteiger charge is 2.20. The molecule has 1 aliphatic rings. The molecule has 1 aromatic heterocycles. The molecule has 0 spiro atoms. The monoisotopic (exact) mass is 252 g/mol. The zero-order valence-corrected chi connectivity index (χ0v) is 10.9. The van der Waals surface area contributed by atoms with Crippen LogP contribution in [-0.4, -0.2) is 42.2 Å². The average Bonchev–Trinajstić information content (AvgIpc) is 2.72. The van der Waals surface area contributed by atoms with E-state index in [1.165, 1.54) is 0 Å². The van der Waals surface area contributed by atoms with Crippen molar-refractivity contribution in [1.82, 2.24) is 10.2 Å². The van der Waals surface area contributed by atoms with Gasteiger partial charge in [0.15, 0.2) is 0 Å². The van der Waals surface area contributed by atoms with Crippen LogP contribution in [0.25, 0.3) is 0 Å². The van der Waals surface area contributed by atoms with Crippen LogP contribution in [0.4, 0.5) is 0 Å². The molecule has 0 aliphatic carbocycles. The van der Waals surface area contributed by atoms with Gasteiger partial charge in [0.25, 0.3) is 0 Å². The highest BCUT2D eigenvalue weighted by Crippen LogP contribution is 2.19. The number of carbonyl (C=O) groups is 1. The molecule has 2 rings (SSSR count). The average molecular weight is 252 g/mol. The lowest BCUT2D eigenvalue weighted by Gasteiger charge is -2.31. The van der Waals surface area contributed by atoms with Crippen LogP contribution < -0.4 is 5.32 Å². The van der Waals surface area contributed by atoms with E-state index in [4.69, 9.17) is 9.52 Å². The molecule has 1 aliphatic heterocycles.